The van der Waals surface area contributed by atoms with Gasteiger partial charge in [-0.1, -0.05) is 11.6 Å². The van der Waals surface area contributed by atoms with E-state index in [0.29, 0.717) is 16.4 Å². The van der Waals surface area contributed by atoms with E-state index in [2.05, 4.69) is 10.1 Å². The van der Waals surface area contributed by atoms with Crippen LogP contribution in [-0.2, 0) is 7.05 Å². The smallest absolute Gasteiger partial charge is 0.181 e. The molecule has 0 saturated heterocycles. The third-order valence-corrected chi connectivity index (χ3v) is 2.39. The second-order valence-corrected chi connectivity index (χ2v) is 3.12. The van der Waals surface area contributed by atoms with Gasteiger partial charge in [-0.15, -0.1) is 0 Å². The van der Waals surface area contributed by atoms with E-state index in [1.165, 1.54) is 12.7 Å². The second kappa shape index (κ2) is 2.88. The normalized spacial score (nSPS) is 10.7. The standard InChI is InChI=1S/C8H8ClN3O/c1-5-7(9)8(11-12(5)2)6-3-13-4-10-6/h3-4H,1-2H3. The van der Waals surface area contributed by atoms with Gasteiger partial charge in [0.05, 0.1) is 10.7 Å². The molecule has 5 heteroatoms. The van der Waals surface area contributed by atoms with Crippen LogP contribution in [0.15, 0.2) is 17.1 Å². The van der Waals surface area contributed by atoms with Crippen LogP contribution in [0.1, 0.15) is 5.69 Å². The summed E-state index contributed by atoms with van der Waals surface area (Å²) in [6.45, 7) is 1.90. The number of aromatic nitrogens is 3. The van der Waals surface area contributed by atoms with Crippen LogP contribution in [0.4, 0.5) is 0 Å². The summed E-state index contributed by atoms with van der Waals surface area (Å²) < 4.78 is 6.57. The number of hydrogen-bond acceptors (Lipinski definition) is 3. The van der Waals surface area contributed by atoms with Gasteiger partial charge in [0.25, 0.3) is 0 Å². The van der Waals surface area contributed by atoms with Gasteiger partial charge in [0.2, 0.25) is 0 Å². The van der Waals surface area contributed by atoms with Crippen LogP contribution in [0.3, 0.4) is 0 Å². The van der Waals surface area contributed by atoms with Crippen molar-refractivity contribution in [3.8, 4) is 11.4 Å². The summed E-state index contributed by atoms with van der Waals surface area (Å²) in [5.41, 5.74) is 2.24. The van der Waals surface area contributed by atoms with Crippen molar-refractivity contribution in [3.05, 3.63) is 23.4 Å². The monoisotopic (exact) mass is 197 g/mol. The minimum Gasteiger partial charge on any atom is -0.451 e. The van der Waals surface area contributed by atoms with Crippen molar-refractivity contribution in [3.63, 3.8) is 0 Å². The highest BCUT2D eigenvalue weighted by molar-refractivity contribution is 6.33. The lowest BCUT2D eigenvalue weighted by Crippen LogP contribution is -1.92. The number of rotatable bonds is 1. The van der Waals surface area contributed by atoms with Crippen molar-refractivity contribution in [2.75, 3.05) is 0 Å². The van der Waals surface area contributed by atoms with Crippen molar-refractivity contribution in [1.82, 2.24) is 14.8 Å². The largest absolute Gasteiger partial charge is 0.451 e. The Balaban J connectivity index is 2.59. The maximum atomic E-state index is 6.04. The molecule has 2 aromatic rings. The van der Waals surface area contributed by atoms with Crippen LogP contribution in [0.2, 0.25) is 5.02 Å². The average molecular weight is 198 g/mol. The molecule has 0 amide bonds. The molecule has 0 radical (unpaired) electrons. The number of oxazole rings is 1. The molecule has 0 aliphatic heterocycles. The number of aryl methyl sites for hydroxylation is 1. The number of halogens is 1. The Morgan fingerprint density at radius 3 is 2.77 bits per heavy atom. The van der Waals surface area contributed by atoms with Gasteiger partial charge >= 0.3 is 0 Å². The zero-order valence-corrected chi connectivity index (χ0v) is 8.04. The summed E-state index contributed by atoms with van der Waals surface area (Å²) >= 11 is 6.04. The van der Waals surface area contributed by atoms with E-state index in [1.807, 2.05) is 14.0 Å². The van der Waals surface area contributed by atoms with E-state index < -0.39 is 0 Å². The van der Waals surface area contributed by atoms with Gasteiger partial charge in [-0.25, -0.2) is 4.98 Å². The molecule has 0 aliphatic carbocycles. The summed E-state index contributed by atoms with van der Waals surface area (Å²) in [6, 6.07) is 0. The Hall–Kier alpha value is -1.29. The van der Waals surface area contributed by atoms with Crippen molar-refractivity contribution in [1.29, 1.82) is 0 Å². The fourth-order valence-electron chi connectivity index (χ4n) is 1.08. The first-order valence-corrected chi connectivity index (χ1v) is 4.15. The zero-order chi connectivity index (χ0) is 9.42. The minimum absolute atomic E-state index is 0.622. The summed E-state index contributed by atoms with van der Waals surface area (Å²) in [6.07, 6.45) is 2.88. The van der Waals surface area contributed by atoms with Gasteiger partial charge in [0.1, 0.15) is 17.7 Å². The van der Waals surface area contributed by atoms with Crippen molar-refractivity contribution in [2.24, 2.45) is 7.05 Å². The van der Waals surface area contributed by atoms with Crippen LogP contribution >= 0.6 is 11.6 Å². The molecule has 0 saturated carbocycles. The maximum Gasteiger partial charge on any atom is 0.181 e. The van der Waals surface area contributed by atoms with E-state index in [0.717, 1.165) is 5.69 Å². The molecule has 2 rings (SSSR count). The summed E-state index contributed by atoms with van der Waals surface area (Å²) in [5.74, 6) is 0. The molecule has 0 N–H and O–H groups in total. The lowest BCUT2D eigenvalue weighted by atomic mass is 10.3. The Morgan fingerprint density at radius 1 is 1.54 bits per heavy atom. The molecular weight excluding hydrogens is 190 g/mol. The van der Waals surface area contributed by atoms with E-state index in [9.17, 15) is 0 Å². The van der Waals surface area contributed by atoms with Crippen LogP contribution in [0.5, 0.6) is 0 Å². The Morgan fingerprint density at radius 2 is 2.31 bits per heavy atom. The van der Waals surface area contributed by atoms with Gasteiger partial charge in [0, 0.05) is 7.05 Å². The molecule has 68 valence electrons. The number of hydrogen-bond donors (Lipinski definition) is 0. The summed E-state index contributed by atoms with van der Waals surface area (Å²) in [4.78, 5) is 3.97. The first kappa shape index (κ1) is 8.31. The molecule has 0 unspecified atom stereocenters. The SMILES string of the molecule is Cc1c(Cl)c(-c2cocn2)nn1C. The molecule has 0 atom stereocenters. The molecule has 13 heavy (non-hydrogen) atoms. The molecule has 0 fully saturated rings. The predicted octanol–water partition coefficient (Wildman–Crippen LogP) is 2.04. The highest BCUT2D eigenvalue weighted by Gasteiger charge is 2.14. The van der Waals surface area contributed by atoms with Gasteiger partial charge in [-0.3, -0.25) is 4.68 Å². The van der Waals surface area contributed by atoms with E-state index in [4.69, 9.17) is 16.0 Å². The maximum absolute atomic E-state index is 6.04. The molecule has 2 heterocycles. The number of nitrogens with zero attached hydrogens (tertiary/aromatic N) is 3. The molecule has 0 bridgehead atoms. The first-order valence-electron chi connectivity index (χ1n) is 3.78. The lowest BCUT2D eigenvalue weighted by molar-refractivity contribution is 0.558. The topological polar surface area (TPSA) is 43.9 Å². The average Bonchev–Trinajstić information content (AvgIpc) is 2.70. The zero-order valence-electron chi connectivity index (χ0n) is 7.28. The Labute approximate surface area is 80.1 Å². The fourth-order valence-corrected chi connectivity index (χ4v) is 1.33. The van der Waals surface area contributed by atoms with Gasteiger partial charge in [-0.05, 0) is 6.92 Å². The third kappa shape index (κ3) is 1.23. The second-order valence-electron chi connectivity index (χ2n) is 2.75. The first-order chi connectivity index (χ1) is 6.20. The third-order valence-electron chi connectivity index (χ3n) is 1.94. The molecule has 0 spiro atoms. The van der Waals surface area contributed by atoms with Crippen molar-refractivity contribution < 1.29 is 4.42 Å². The minimum atomic E-state index is 0.622. The lowest BCUT2D eigenvalue weighted by Gasteiger charge is -1.89. The molecule has 0 aliphatic rings. The molecule has 2 aromatic heterocycles. The Bertz CT molecular complexity index is 419. The van der Waals surface area contributed by atoms with Crippen LogP contribution in [0.25, 0.3) is 11.4 Å². The summed E-state index contributed by atoms with van der Waals surface area (Å²) in [7, 11) is 1.84. The van der Waals surface area contributed by atoms with E-state index in [-0.39, 0.29) is 0 Å². The van der Waals surface area contributed by atoms with Crippen LogP contribution in [-0.4, -0.2) is 14.8 Å². The molecular formula is C8H8ClN3O. The van der Waals surface area contributed by atoms with Gasteiger partial charge in [0.15, 0.2) is 6.39 Å². The van der Waals surface area contributed by atoms with Gasteiger partial charge in [-0.2, -0.15) is 5.10 Å². The van der Waals surface area contributed by atoms with E-state index in [1.54, 1.807) is 4.68 Å². The van der Waals surface area contributed by atoms with Crippen LogP contribution in [0, 0.1) is 6.92 Å². The fraction of sp³-hybridized carbons (Fsp3) is 0.250. The molecule has 4 nitrogen and oxygen atoms in total. The summed E-state index contributed by atoms with van der Waals surface area (Å²) in [5, 5.41) is 4.84. The van der Waals surface area contributed by atoms with Crippen molar-refractivity contribution in [2.45, 2.75) is 6.92 Å². The van der Waals surface area contributed by atoms with Crippen molar-refractivity contribution >= 4 is 11.6 Å². The molecule has 0 aromatic carbocycles. The van der Waals surface area contributed by atoms with Crippen LogP contribution < -0.4 is 0 Å². The Kier molecular flexibility index (Phi) is 1.84. The quantitative estimate of drug-likeness (QED) is 0.703. The highest BCUT2D eigenvalue weighted by Crippen LogP contribution is 2.27. The predicted molar refractivity (Wildman–Crippen MR) is 48.5 cm³/mol. The highest BCUT2D eigenvalue weighted by atomic mass is 35.5. The van der Waals surface area contributed by atoms with Gasteiger partial charge < -0.3 is 4.42 Å². The van der Waals surface area contributed by atoms with E-state index >= 15 is 0 Å².